The molecule has 31 heavy (non-hydrogen) atoms. The minimum atomic E-state index is -0.585. The highest BCUT2D eigenvalue weighted by Gasteiger charge is 2.46. The quantitative estimate of drug-likeness (QED) is 0.807. The van der Waals surface area contributed by atoms with E-state index in [4.69, 9.17) is 4.74 Å². The van der Waals surface area contributed by atoms with E-state index in [9.17, 15) is 18.7 Å². The summed E-state index contributed by atoms with van der Waals surface area (Å²) in [7, 11) is 0. The molecule has 164 valence electrons. The average Bonchev–Trinajstić information content (AvgIpc) is 3.59. The van der Waals surface area contributed by atoms with Crippen LogP contribution in [0.15, 0.2) is 36.4 Å². The Hall–Kier alpha value is -2.51. The monoisotopic (exact) mass is 428 g/mol. The Bertz CT molecular complexity index is 977. The topological polar surface area (TPSA) is 53.0 Å². The number of amides is 1. The van der Waals surface area contributed by atoms with Gasteiger partial charge in [0.25, 0.3) is 0 Å². The standard InChI is InChI=1S/C24H26F2N2O3/c25-21-11-17(16-2-1-3-19(29)10-16)12-22(26)20(21)13-27-8-6-24(7-9-27)15-28(18-4-5-18)23(30)14-31-24/h1-3,10-12,18,29H,4-9,13-15H2. The summed E-state index contributed by atoms with van der Waals surface area (Å²) in [6, 6.07) is 9.37. The second kappa shape index (κ2) is 7.88. The lowest BCUT2D eigenvalue weighted by Gasteiger charge is -2.47. The van der Waals surface area contributed by atoms with Crippen molar-refractivity contribution in [3.05, 3.63) is 53.6 Å². The van der Waals surface area contributed by atoms with Crippen molar-refractivity contribution in [2.45, 2.75) is 43.9 Å². The molecule has 0 unspecified atom stereocenters. The Labute approximate surface area is 180 Å². The highest BCUT2D eigenvalue weighted by Crippen LogP contribution is 2.37. The number of nitrogens with zero attached hydrogens (tertiary/aromatic N) is 2. The number of benzene rings is 2. The van der Waals surface area contributed by atoms with Crippen LogP contribution < -0.4 is 0 Å². The first-order chi connectivity index (χ1) is 14.9. The number of piperidine rings is 1. The van der Waals surface area contributed by atoms with Crippen LogP contribution in [0.4, 0.5) is 8.78 Å². The van der Waals surface area contributed by atoms with Gasteiger partial charge in [-0.3, -0.25) is 9.69 Å². The molecule has 1 amide bonds. The lowest BCUT2D eigenvalue weighted by atomic mass is 9.89. The van der Waals surface area contributed by atoms with Crippen molar-refractivity contribution in [2.24, 2.45) is 0 Å². The summed E-state index contributed by atoms with van der Waals surface area (Å²) in [6.07, 6.45) is 3.64. The molecular weight excluding hydrogens is 402 g/mol. The van der Waals surface area contributed by atoms with Crippen LogP contribution >= 0.6 is 0 Å². The largest absolute Gasteiger partial charge is 0.508 e. The van der Waals surface area contributed by atoms with Crippen LogP contribution in [0.25, 0.3) is 11.1 Å². The first-order valence-corrected chi connectivity index (χ1v) is 10.9. The van der Waals surface area contributed by atoms with E-state index in [2.05, 4.69) is 0 Å². The molecule has 2 aromatic rings. The molecule has 1 spiro atoms. The molecule has 3 fully saturated rings. The molecule has 2 saturated heterocycles. The highest BCUT2D eigenvalue weighted by molar-refractivity contribution is 5.79. The number of carbonyl (C=O) groups excluding carboxylic acids is 1. The number of carbonyl (C=O) groups is 1. The van der Waals surface area contributed by atoms with Gasteiger partial charge in [0.2, 0.25) is 5.91 Å². The molecule has 0 radical (unpaired) electrons. The second-order valence-corrected chi connectivity index (χ2v) is 8.97. The third-order valence-corrected chi connectivity index (χ3v) is 6.74. The molecule has 2 heterocycles. The van der Waals surface area contributed by atoms with Crippen molar-refractivity contribution < 1.29 is 23.4 Å². The molecule has 0 atom stereocenters. The Morgan fingerprint density at radius 1 is 1.06 bits per heavy atom. The van der Waals surface area contributed by atoms with E-state index in [1.165, 1.54) is 24.3 Å². The first-order valence-electron chi connectivity index (χ1n) is 10.9. The molecule has 3 aliphatic rings. The van der Waals surface area contributed by atoms with Crippen LogP contribution in [0.1, 0.15) is 31.2 Å². The number of phenolic OH excluding ortho intramolecular Hbond substituents is 1. The summed E-state index contributed by atoms with van der Waals surface area (Å²) in [5.74, 6) is -1.04. The minimum Gasteiger partial charge on any atom is -0.508 e. The molecule has 5 nitrogen and oxygen atoms in total. The molecule has 7 heteroatoms. The van der Waals surface area contributed by atoms with E-state index in [1.54, 1.807) is 12.1 Å². The Morgan fingerprint density at radius 3 is 2.42 bits per heavy atom. The highest BCUT2D eigenvalue weighted by atomic mass is 19.1. The molecule has 1 N–H and O–H groups in total. The summed E-state index contributed by atoms with van der Waals surface area (Å²) < 4.78 is 35.5. The van der Waals surface area contributed by atoms with E-state index >= 15 is 0 Å². The lowest BCUT2D eigenvalue weighted by molar-refractivity contribution is -0.172. The van der Waals surface area contributed by atoms with Crippen molar-refractivity contribution >= 4 is 5.91 Å². The van der Waals surface area contributed by atoms with Gasteiger partial charge in [-0.05, 0) is 61.1 Å². The Kier molecular flexibility index (Phi) is 5.18. The fourth-order valence-corrected chi connectivity index (χ4v) is 4.71. The molecule has 1 aliphatic carbocycles. The van der Waals surface area contributed by atoms with Gasteiger partial charge in [0.05, 0.1) is 12.1 Å². The Morgan fingerprint density at radius 2 is 1.77 bits per heavy atom. The lowest BCUT2D eigenvalue weighted by Crippen LogP contribution is -2.59. The van der Waals surface area contributed by atoms with Gasteiger partial charge in [0.1, 0.15) is 24.0 Å². The number of aromatic hydroxyl groups is 1. The van der Waals surface area contributed by atoms with E-state index in [-0.39, 0.29) is 36.0 Å². The van der Waals surface area contributed by atoms with E-state index < -0.39 is 11.6 Å². The van der Waals surface area contributed by atoms with Crippen LogP contribution in [-0.4, -0.2) is 58.7 Å². The van der Waals surface area contributed by atoms with Crippen LogP contribution in [0.3, 0.4) is 0 Å². The Balaban J connectivity index is 1.26. The smallest absolute Gasteiger partial charge is 0.248 e. The van der Waals surface area contributed by atoms with Crippen LogP contribution in [-0.2, 0) is 16.1 Å². The van der Waals surface area contributed by atoms with Gasteiger partial charge in [-0.25, -0.2) is 8.78 Å². The molecule has 2 aliphatic heterocycles. The maximum absolute atomic E-state index is 14.8. The number of morpholine rings is 1. The van der Waals surface area contributed by atoms with Crippen molar-refractivity contribution in [3.63, 3.8) is 0 Å². The van der Waals surface area contributed by atoms with Crippen molar-refractivity contribution in [3.8, 4) is 16.9 Å². The van der Waals surface area contributed by atoms with Gasteiger partial charge in [0, 0.05) is 31.2 Å². The predicted molar refractivity (Wildman–Crippen MR) is 111 cm³/mol. The average molecular weight is 428 g/mol. The van der Waals surface area contributed by atoms with Gasteiger partial charge < -0.3 is 14.7 Å². The van der Waals surface area contributed by atoms with Crippen molar-refractivity contribution in [2.75, 3.05) is 26.2 Å². The van der Waals surface area contributed by atoms with Gasteiger partial charge in [-0.15, -0.1) is 0 Å². The molecule has 0 aromatic heterocycles. The van der Waals surface area contributed by atoms with Gasteiger partial charge >= 0.3 is 0 Å². The van der Waals surface area contributed by atoms with Gasteiger partial charge in [0.15, 0.2) is 0 Å². The third kappa shape index (κ3) is 4.16. The summed E-state index contributed by atoms with van der Waals surface area (Å²) in [5, 5.41) is 9.63. The molecule has 0 bridgehead atoms. The molecule has 2 aromatic carbocycles. The maximum atomic E-state index is 14.8. The summed E-state index contributed by atoms with van der Waals surface area (Å²) in [4.78, 5) is 16.1. The number of rotatable bonds is 4. The second-order valence-electron chi connectivity index (χ2n) is 8.97. The number of likely N-dealkylation sites (tertiary alicyclic amines) is 1. The number of hydrogen-bond donors (Lipinski definition) is 1. The SMILES string of the molecule is O=C1COC2(CCN(Cc3c(F)cc(-c4cccc(O)c4)cc3F)CC2)CN1C1CC1. The van der Waals surface area contributed by atoms with Crippen LogP contribution in [0.2, 0.25) is 0 Å². The number of hydrogen-bond acceptors (Lipinski definition) is 4. The van der Waals surface area contributed by atoms with Gasteiger partial charge in [-0.2, -0.15) is 0 Å². The zero-order chi connectivity index (χ0) is 21.6. The van der Waals surface area contributed by atoms with Gasteiger partial charge in [-0.1, -0.05) is 12.1 Å². The fraction of sp³-hybridized carbons (Fsp3) is 0.458. The fourth-order valence-electron chi connectivity index (χ4n) is 4.71. The van der Waals surface area contributed by atoms with Crippen LogP contribution in [0, 0.1) is 11.6 Å². The molecule has 1 saturated carbocycles. The maximum Gasteiger partial charge on any atom is 0.248 e. The van der Waals surface area contributed by atoms with E-state index in [0.29, 0.717) is 36.8 Å². The zero-order valence-corrected chi connectivity index (χ0v) is 17.3. The van der Waals surface area contributed by atoms with Crippen molar-refractivity contribution in [1.82, 2.24) is 9.80 Å². The minimum absolute atomic E-state index is 0.0523. The normalized spacial score (nSPS) is 21.6. The van der Waals surface area contributed by atoms with E-state index in [0.717, 1.165) is 25.7 Å². The van der Waals surface area contributed by atoms with E-state index in [1.807, 2.05) is 9.80 Å². The van der Waals surface area contributed by atoms with Crippen LogP contribution in [0.5, 0.6) is 5.75 Å². The summed E-state index contributed by atoms with van der Waals surface area (Å²) in [5.41, 5.74) is 0.684. The molecule has 5 rings (SSSR count). The summed E-state index contributed by atoms with van der Waals surface area (Å²) >= 11 is 0. The zero-order valence-electron chi connectivity index (χ0n) is 17.3. The number of halogens is 2. The number of ether oxygens (including phenoxy) is 1. The summed E-state index contributed by atoms with van der Waals surface area (Å²) in [6.45, 7) is 2.29. The molecular formula is C24H26F2N2O3. The third-order valence-electron chi connectivity index (χ3n) is 6.74. The number of phenols is 1. The first kappa shape index (κ1) is 20.4. The predicted octanol–water partition coefficient (Wildman–Crippen LogP) is 3.69. The van der Waals surface area contributed by atoms with Crippen molar-refractivity contribution in [1.29, 1.82) is 0 Å².